The molecule has 2 N–H and O–H groups in total. The number of aromatic nitrogens is 3. The molecule has 1 atom stereocenters. The van der Waals surface area contributed by atoms with Gasteiger partial charge in [-0.3, -0.25) is 4.79 Å². The normalized spacial score (nSPS) is 16.3. The SMILES string of the molecule is CCN(C)C(=O)CC1CC=C(c2cc3c(Nc4ccc5ncsc5c4)ccnc3[nH]2)CC1. The van der Waals surface area contributed by atoms with Crippen LogP contribution in [0.1, 0.15) is 38.3 Å². The van der Waals surface area contributed by atoms with Crippen LogP contribution in [-0.2, 0) is 4.79 Å². The maximum absolute atomic E-state index is 12.2. The van der Waals surface area contributed by atoms with E-state index in [-0.39, 0.29) is 5.91 Å². The molecule has 0 aliphatic heterocycles. The van der Waals surface area contributed by atoms with Crippen LogP contribution >= 0.6 is 11.3 Å². The zero-order valence-corrected chi connectivity index (χ0v) is 19.2. The lowest BCUT2D eigenvalue weighted by Crippen LogP contribution is -2.28. The summed E-state index contributed by atoms with van der Waals surface area (Å²) in [5.41, 5.74) is 8.28. The fourth-order valence-corrected chi connectivity index (χ4v) is 5.01. The molecule has 3 heterocycles. The van der Waals surface area contributed by atoms with Gasteiger partial charge in [-0.1, -0.05) is 6.08 Å². The van der Waals surface area contributed by atoms with Gasteiger partial charge in [0.05, 0.1) is 21.4 Å². The molecule has 3 aromatic heterocycles. The second kappa shape index (κ2) is 8.74. The van der Waals surface area contributed by atoms with Crippen LogP contribution in [-0.4, -0.2) is 39.4 Å². The summed E-state index contributed by atoms with van der Waals surface area (Å²) in [6.07, 6.45) is 7.73. The van der Waals surface area contributed by atoms with Gasteiger partial charge in [0.2, 0.25) is 5.91 Å². The van der Waals surface area contributed by atoms with E-state index in [1.54, 1.807) is 11.3 Å². The first-order chi connectivity index (χ1) is 15.6. The van der Waals surface area contributed by atoms with Crippen LogP contribution in [0.25, 0.3) is 26.8 Å². The molecule has 1 aromatic carbocycles. The first kappa shape index (κ1) is 20.7. The number of pyridine rings is 1. The van der Waals surface area contributed by atoms with E-state index in [9.17, 15) is 4.79 Å². The summed E-state index contributed by atoms with van der Waals surface area (Å²) in [5.74, 6) is 0.679. The molecule has 0 fully saturated rings. The Morgan fingerprint density at radius 2 is 2.19 bits per heavy atom. The van der Waals surface area contributed by atoms with Crippen LogP contribution in [0.5, 0.6) is 0 Å². The van der Waals surface area contributed by atoms with Crippen LogP contribution < -0.4 is 5.32 Å². The lowest BCUT2D eigenvalue weighted by molar-refractivity contribution is -0.130. The van der Waals surface area contributed by atoms with Gasteiger partial charge >= 0.3 is 0 Å². The number of thiazole rings is 1. The number of anilines is 2. The summed E-state index contributed by atoms with van der Waals surface area (Å²) in [6, 6.07) is 10.4. The van der Waals surface area contributed by atoms with Crippen LogP contribution in [0.4, 0.5) is 11.4 Å². The molecular weight excluding hydrogens is 418 g/mol. The number of hydrogen-bond acceptors (Lipinski definition) is 5. The number of nitrogens with zero attached hydrogens (tertiary/aromatic N) is 3. The molecule has 6 nitrogen and oxygen atoms in total. The van der Waals surface area contributed by atoms with Gasteiger partial charge in [-0.2, -0.15) is 0 Å². The highest BCUT2D eigenvalue weighted by Crippen LogP contribution is 2.35. The Morgan fingerprint density at radius 3 is 3.00 bits per heavy atom. The maximum atomic E-state index is 12.2. The number of nitrogens with one attached hydrogen (secondary N) is 2. The number of benzene rings is 1. The number of rotatable bonds is 6. The van der Waals surface area contributed by atoms with Crippen molar-refractivity contribution < 1.29 is 4.79 Å². The summed E-state index contributed by atoms with van der Waals surface area (Å²) in [5, 5.41) is 4.63. The van der Waals surface area contributed by atoms with Gasteiger partial charge < -0.3 is 15.2 Å². The smallest absolute Gasteiger partial charge is 0.222 e. The van der Waals surface area contributed by atoms with Gasteiger partial charge in [0.1, 0.15) is 5.65 Å². The number of amides is 1. The lowest BCUT2D eigenvalue weighted by atomic mass is 9.86. The number of fused-ring (bicyclic) bond motifs is 2. The number of hydrogen-bond donors (Lipinski definition) is 2. The molecule has 32 heavy (non-hydrogen) atoms. The zero-order valence-electron chi connectivity index (χ0n) is 18.4. The third kappa shape index (κ3) is 4.12. The van der Waals surface area contributed by atoms with E-state index < -0.39 is 0 Å². The Balaban J connectivity index is 1.34. The van der Waals surface area contributed by atoms with Crippen molar-refractivity contribution >= 4 is 55.4 Å². The van der Waals surface area contributed by atoms with Crippen molar-refractivity contribution in [2.45, 2.75) is 32.6 Å². The second-order valence-corrected chi connectivity index (χ2v) is 9.33. The highest BCUT2D eigenvalue weighted by atomic mass is 32.1. The quantitative estimate of drug-likeness (QED) is 0.384. The topological polar surface area (TPSA) is 73.9 Å². The molecule has 1 amide bonds. The predicted molar refractivity (Wildman–Crippen MR) is 132 cm³/mol. The summed E-state index contributed by atoms with van der Waals surface area (Å²) in [4.78, 5) is 26.4. The molecule has 0 spiro atoms. The minimum atomic E-state index is 0.247. The van der Waals surface area contributed by atoms with E-state index in [4.69, 9.17) is 0 Å². The van der Waals surface area contributed by atoms with Crippen molar-refractivity contribution in [3.63, 3.8) is 0 Å². The van der Waals surface area contributed by atoms with Gasteiger partial charge in [0.25, 0.3) is 0 Å². The third-order valence-electron chi connectivity index (χ3n) is 6.37. The number of aromatic amines is 1. The average molecular weight is 446 g/mol. The van der Waals surface area contributed by atoms with E-state index in [0.717, 1.165) is 59.4 Å². The third-order valence-corrected chi connectivity index (χ3v) is 7.16. The number of H-pyrrole nitrogens is 1. The first-order valence-corrected chi connectivity index (χ1v) is 12.0. The Morgan fingerprint density at radius 1 is 1.28 bits per heavy atom. The van der Waals surface area contributed by atoms with Gasteiger partial charge in [0, 0.05) is 43.0 Å². The highest BCUT2D eigenvalue weighted by Gasteiger charge is 2.21. The molecule has 7 heteroatoms. The van der Waals surface area contributed by atoms with Gasteiger partial charge in [-0.15, -0.1) is 11.3 Å². The fourth-order valence-electron chi connectivity index (χ4n) is 4.29. The molecule has 4 aromatic rings. The van der Waals surface area contributed by atoms with E-state index >= 15 is 0 Å². The van der Waals surface area contributed by atoms with E-state index in [0.29, 0.717) is 12.3 Å². The van der Waals surface area contributed by atoms with Gasteiger partial charge in [-0.25, -0.2) is 9.97 Å². The second-order valence-electron chi connectivity index (χ2n) is 8.45. The molecule has 0 saturated carbocycles. The maximum Gasteiger partial charge on any atom is 0.222 e. The van der Waals surface area contributed by atoms with E-state index in [1.807, 2.05) is 42.7 Å². The Bertz CT molecular complexity index is 1300. The van der Waals surface area contributed by atoms with E-state index in [1.165, 1.54) is 10.3 Å². The monoisotopic (exact) mass is 445 g/mol. The Labute approximate surface area is 191 Å². The van der Waals surface area contributed by atoms with Crippen molar-refractivity contribution in [2.75, 3.05) is 18.9 Å². The summed E-state index contributed by atoms with van der Waals surface area (Å²) in [6.45, 7) is 2.78. The molecule has 5 rings (SSSR count). The molecule has 1 aliphatic rings. The van der Waals surface area contributed by atoms with Crippen molar-refractivity contribution in [3.05, 3.63) is 53.8 Å². The van der Waals surface area contributed by atoms with E-state index in [2.05, 4.69) is 44.5 Å². The van der Waals surface area contributed by atoms with Crippen molar-refractivity contribution in [1.29, 1.82) is 0 Å². The highest BCUT2D eigenvalue weighted by molar-refractivity contribution is 7.16. The van der Waals surface area contributed by atoms with Crippen LogP contribution in [0.2, 0.25) is 0 Å². The molecule has 0 radical (unpaired) electrons. The first-order valence-electron chi connectivity index (χ1n) is 11.1. The standard InChI is InChI=1S/C25H27N5OS/c1-3-30(2)24(31)12-16-4-6-17(7-5-16)22-14-19-20(10-11-26-25(19)29-22)28-18-8-9-21-23(13-18)32-15-27-21/h6,8-11,13-16H,3-5,7,12H2,1-2H3,(H2,26,28,29). The largest absolute Gasteiger partial charge is 0.355 e. The van der Waals surface area contributed by atoms with Crippen molar-refractivity contribution in [1.82, 2.24) is 19.9 Å². The van der Waals surface area contributed by atoms with Crippen LogP contribution in [0, 0.1) is 5.92 Å². The van der Waals surface area contributed by atoms with Crippen LogP contribution in [0.15, 0.2) is 48.1 Å². The minimum Gasteiger partial charge on any atom is -0.355 e. The summed E-state index contributed by atoms with van der Waals surface area (Å²) < 4.78 is 1.17. The molecule has 0 saturated heterocycles. The molecular formula is C25H27N5OS. The fraction of sp³-hybridized carbons (Fsp3) is 0.320. The van der Waals surface area contributed by atoms with Crippen molar-refractivity contribution in [2.24, 2.45) is 5.92 Å². The lowest BCUT2D eigenvalue weighted by Gasteiger charge is -2.23. The summed E-state index contributed by atoms with van der Waals surface area (Å²) in [7, 11) is 1.88. The number of allylic oxidation sites excluding steroid dienone is 2. The molecule has 1 aliphatic carbocycles. The van der Waals surface area contributed by atoms with Gasteiger partial charge in [0.15, 0.2) is 0 Å². The molecule has 1 unspecified atom stereocenters. The van der Waals surface area contributed by atoms with Crippen molar-refractivity contribution in [3.8, 4) is 0 Å². The Kier molecular flexibility index (Phi) is 5.66. The molecule has 0 bridgehead atoms. The molecule has 164 valence electrons. The summed E-state index contributed by atoms with van der Waals surface area (Å²) >= 11 is 1.64. The number of carbonyl (C=O) groups is 1. The van der Waals surface area contributed by atoms with Gasteiger partial charge in [-0.05, 0) is 68.0 Å². The Hall–Kier alpha value is -3.19. The zero-order chi connectivity index (χ0) is 22.1. The predicted octanol–water partition coefficient (Wildman–Crippen LogP) is 5.97. The van der Waals surface area contributed by atoms with Crippen LogP contribution in [0.3, 0.4) is 0 Å². The number of carbonyl (C=O) groups excluding carboxylic acids is 1. The minimum absolute atomic E-state index is 0.247. The average Bonchev–Trinajstić information content (AvgIpc) is 3.46.